The van der Waals surface area contributed by atoms with Gasteiger partial charge in [0.25, 0.3) is 0 Å². The molecule has 0 bridgehead atoms. The minimum Gasteiger partial charge on any atom is -0.356 e. The predicted molar refractivity (Wildman–Crippen MR) is 122 cm³/mol. The van der Waals surface area contributed by atoms with E-state index in [0.29, 0.717) is 0 Å². The van der Waals surface area contributed by atoms with Gasteiger partial charge in [-0.3, -0.25) is 9.38 Å². The molecule has 0 saturated carbocycles. The van der Waals surface area contributed by atoms with Crippen LogP contribution in [0.4, 0.5) is 5.82 Å². The second-order valence-corrected chi connectivity index (χ2v) is 7.47. The summed E-state index contributed by atoms with van der Waals surface area (Å²) < 4.78 is 2.26. The summed E-state index contributed by atoms with van der Waals surface area (Å²) >= 11 is 0. The maximum absolute atomic E-state index is 5.06. The second kappa shape index (κ2) is 9.42. The highest BCUT2D eigenvalue weighted by molar-refractivity contribution is 5.85. The number of aryl methyl sites for hydroxylation is 4. The third-order valence-corrected chi connectivity index (χ3v) is 5.12. The monoisotopic (exact) mass is 400 g/mol. The van der Waals surface area contributed by atoms with E-state index in [1.807, 2.05) is 6.20 Å². The van der Waals surface area contributed by atoms with Crippen LogP contribution in [0, 0.1) is 20.8 Å². The molecule has 0 unspecified atom stereocenters. The molecule has 1 aromatic carbocycles. The predicted octanol–water partition coefficient (Wildman–Crippen LogP) is 5.93. The van der Waals surface area contributed by atoms with Crippen molar-refractivity contribution in [3.05, 3.63) is 46.9 Å². The lowest BCUT2D eigenvalue weighted by Gasteiger charge is -2.24. The SMILES string of the molecule is CCCN(CCC)c1c(CC)nc2c(-c3c(C)cc(C)cc3C)nccn12.Cl. The first-order valence-corrected chi connectivity index (χ1v) is 10.2. The van der Waals surface area contributed by atoms with Crippen molar-refractivity contribution in [2.24, 2.45) is 0 Å². The Morgan fingerprint density at radius 3 is 2.11 bits per heavy atom. The molecule has 3 aromatic rings. The average Bonchev–Trinajstić information content (AvgIpc) is 3.00. The number of aromatic nitrogens is 3. The lowest BCUT2D eigenvalue weighted by Crippen LogP contribution is -2.27. The molecule has 0 aliphatic carbocycles. The van der Waals surface area contributed by atoms with Gasteiger partial charge < -0.3 is 4.90 Å². The summed E-state index contributed by atoms with van der Waals surface area (Å²) in [6.07, 6.45) is 7.17. The molecule has 5 heteroatoms. The Kier molecular flexibility index (Phi) is 7.48. The maximum Gasteiger partial charge on any atom is 0.165 e. The van der Waals surface area contributed by atoms with E-state index >= 15 is 0 Å². The Labute approximate surface area is 175 Å². The molecule has 0 aliphatic heterocycles. The van der Waals surface area contributed by atoms with Crippen LogP contribution >= 0.6 is 12.4 Å². The maximum atomic E-state index is 5.06. The van der Waals surface area contributed by atoms with Gasteiger partial charge in [-0.2, -0.15) is 0 Å². The van der Waals surface area contributed by atoms with Gasteiger partial charge >= 0.3 is 0 Å². The molecule has 0 aliphatic rings. The molecule has 2 aromatic heterocycles. The number of benzene rings is 1. The molecule has 0 radical (unpaired) electrons. The normalized spacial score (nSPS) is 10.9. The summed E-state index contributed by atoms with van der Waals surface area (Å²) in [5.74, 6) is 1.24. The fraction of sp³-hybridized carbons (Fsp3) is 0.478. The molecule has 4 nitrogen and oxygen atoms in total. The van der Waals surface area contributed by atoms with Crippen LogP contribution in [0.3, 0.4) is 0 Å². The topological polar surface area (TPSA) is 33.4 Å². The fourth-order valence-corrected chi connectivity index (χ4v) is 4.18. The van der Waals surface area contributed by atoms with Crippen molar-refractivity contribution in [2.45, 2.75) is 60.8 Å². The summed E-state index contributed by atoms with van der Waals surface area (Å²) in [7, 11) is 0. The molecular formula is C23H33ClN4. The van der Waals surface area contributed by atoms with E-state index in [9.17, 15) is 0 Å². The van der Waals surface area contributed by atoms with Gasteiger partial charge in [0.1, 0.15) is 11.5 Å². The van der Waals surface area contributed by atoms with Crippen molar-refractivity contribution in [2.75, 3.05) is 18.0 Å². The Bertz CT molecular complexity index is 916. The lowest BCUT2D eigenvalue weighted by atomic mass is 9.97. The smallest absolute Gasteiger partial charge is 0.165 e. The molecule has 0 saturated heterocycles. The molecule has 28 heavy (non-hydrogen) atoms. The summed E-state index contributed by atoms with van der Waals surface area (Å²) in [6.45, 7) is 15.3. The van der Waals surface area contributed by atoms with Crippen LogP contribution in [-0.4, -0.2) is 27.5 Å². The van der Waals surface area contributed by atoms with Crippen molar-refractivity contribution >= 4 is 23.9 Å². The molecule has 0 fully saturated rings. The quantitative estimate of drug-likeness (QED) is 0.492. The lowest BCUT2D eigenvalue weighted by molar-refractivity contribution is 0.725. The van der Waals surface area contributed by atoms with Gasteiger partial charge in [0.2, 0.25) is 0 Å². The first-order chi connectivity index (χ1) is 13.0. The Hall–Kier alpha value is -2.07. The number of hydrogen-bond donors (Lipinski definition) is 0. The van der Waals surface area contributed by atoms with Gasteiger partial charge in [0.15, 0.2) is 5.65 Å². The van der Waals surface area contributed by atoms with Gasteiger partial charge in [-0.1, -0.05) is 38.5 Å². The van der Waals surface area contributed by atoms with Gasteiger partial charge in [0.05, 0.1) is 5.69 Å². The van der Waals surface area contributed by atoms with E-state index in [1.165, 1.54) is 28.1 Å². The fourth-order valence-electron chi connectivity index (χ4n) is 4.18. The van der Waals surface area contributed by atoms with E-state index < -0.39 is 0 Å². The number of nitrogens with zero attached hydrogens (tertiary/aromatic N) is 4. The van der Waals surface area contributed by atoms with E-state index in [4.69, 9.17) is 9.97 Å². The van der Waals surface area contributed by atoms with E-state index in [2.05, 4.69) is 69.2 Å². The van der Waals surface area contributed by atoms with E-state index in [-0.39, 0.29) is 12.4 Å². The van der Waals surface area contributed by atoms with Crippen molar-refractivity contribution < 1.29 is 0 Å². The Morgan fingerprint density at radius 1 is 0.964 bits per heavy atom. The number of halogens is 1. The first kappa shape index (κ1) is 22.2. The minimum atomic E-state index is 0. The highest BCUT2D eigenvalue weighted by Gasteiger charge is 2.21. The zero-order valence-electron chi connectivity index (χ0n) is 18.0. The molecule has 0 atom stereocenters. The molecule has 152 valence electrons. The van der Waals surface area contributed by atoms with Crippen LogP contribution in [0.2, 0.25) is 0 Å². The highest BCUT2D eigenvalue weighted by Crippen LogP contribution is 2.33. The number of rotatable bonds is 7. The largest absolute Gasteiger partial charge is 0.356 e. The van der Waals surface area contributed by atoms with E-state index in [0.717, 1.165) is 49.4 Å². The average molecular weight is 401 g/mol. The van der Waals surface area contributed by atoms with Gasteiger partial charge in [0, 0.05) is 31.0 Å². The van der Waals surface area contributed by atoms with Crippen LogP contribution in [0.25, 0.3) is 16.9 Å². The van der Waals surface area contributed by atoms with Crippen LogP contribution < -0.4 is 4.90 Å². The molecule has 2 heterocycles. The standard InChI is InChI=1S/C23H32N4.ClH/c1-7-11-26(12-8-2)23-19(9-3)25-22-21(24-10-13-27(22)23)20-17(5)14-16(4)15-18(20)6;/h10,13-15H,7-9,11-12H2,1-6H3;1H. The van der Waals surface area contributed by atoms with Crippen LogP contribution in [0.5, 0.6) is 0 Å². The van der Waals surface area contributed by atoms with Crippen LogP contribution in [0.1, 0.15) is 56.0 Å². The van der Waals surface area contributed by atoms with Crippen LogP contribution in [-0.2, 0) is 6.42 Å². The van der Waals surface area contributed by atoms with Crippen molar-refractivity contribution in [3.63, 3.8) is 0 Å². The molecule has 0 N–H and O–H groups in total. The third-order valence-electron chi connectivity index (χ3n) is 5.12. The summed E-state index contributed by atoms with van der Waals surface area (Å²) in [5, 5.41) is 0. The third kappa shape index (κ3) is 4.02. The first-order valence-electron chi connectivity index (χ1n) is 10.2. The summed E-state index contributed by atoms with van der Waals surface area (Å²) in [5.41, 5.74) is 8.13. The zero-order chi connectivity index (χ0) is 19.6. The summed E-state index contributed by atoms with van der Waals surface area (Å²) in [6, 6.07) is 4.47. The minimum absolute atomic E-state index is 0. The van der Waals surface area contributed by atoms with Crippen molar-refractivity contribution in [3.8, 4) is 11.3 Å². The molecule has 0 amide bonds. The number of imidazole rings is 1. The van der Waals surface area contributed by atoms with Crippen molar-refractivity contribution in [1.29, 1.82) is 0 Å². The van der Waals surface area contributed by atoms with Gasteiger partial charge in [-0.15, -0.1) is 12.4 Å². The van der Waals surface area contributed by atoms with E-state index in [1.54, 1.807) is 0 Å². The summed E-state index contributed by atoms with van der Waals surface area (Å²) in [4.78, 5) is 12.3. The number of hydrogen-bond acceptors (Lipinski definition) is 3. The molecular weight excluding hydrogens is 368 g/mol. The molecule has 3 rings (SSSR count). The molecule has 0 spiro atoms. The Balaban J connectivity index is 0.00000280. The number of fused-ring (bicyclic) bond motifs is 1. The van der Waals surface area contributed by atoms with Gasteiger partial charge in [-0.05, 0) is 51.2 Å². The van der Waals surface area contributed by atoms with Crippen LogP contribution in [0.15, 0.2) is 24.5 Å². The highest BCUT2D eigenvalue weighted by atomic mass is 35.5. The van der Waals surface area contributed by atoms with Crippen molar-refractivity contribution in [1.82, 2.24) is 14.4 Å². The second-order valence-electron chi connectivity index (χ2n) is 7.47. The number of anilines is 1. The zero-order valence-corrected chi connectivity index (χ0v) is 18.9. The van der Waals surface area contributed by atoms with Gasteiger partial charge in [-0.25, -0.2) is 4.98 Å². The Morgan fingerprint density at radius 2 is 1.57 bits per heavy atom.